The number of ether oxygens (including phenoxy) is 1. The van der Waals surface area contributed by atoms with Crippen LogP contribution in [0.2, 0.25) is 0 Å². The fourth-order valence-electron chi connectivity index (χ4n) is 3.23. The quantitative estimate of drug-likeness (QED) is 0.560. The summed E-state index contributed by atoms with van der Waals surface area (Å²) in [5.74, 6) is -1.25. The predicted molar refractivity (Wildman–Crippen MR) is 119 cm³/mol. The van der Waals surface area contributed by atoms with Crippen LogP contribution in [0.25, 0.3) is 5.69 Å². The molecule has 2 aromatic carbocycles. The van der Waals surface area contributed by atoms with Gasteiger partial charge in [0.2, 0.25) is 11.8 Å². The van der Waals surface area contributed by atoms with Crippen molar-refractivity contribution in [2.45, 2.75) is 19.8 Å². The number of benzene rings is 2. The number of aromatic nitrogens is 2. The van der Waals surface area contributed by atoms with Crippen LogP contribution in [0.4, 0.5) is 11.4 Å². The zero-order valence-corrected chi connectivity index (χ0v) is 17.8. The van der Waals surface area contributed by atoms with Crippen molar-refractivity contribution >= 4 is 35.1 Å². The van der Waals surface area contributed by atoms with Gasteiger partial charge in [-0.2, -0.15) is 5.10 Å². The Hall–Kier alpha value is -4.47. The number of hydrazine groups is 1. The Morgan fingerprint density at radius 2 is 1.70 bits per heavy atom. The number of nitrogens with one attached hydrogen (secondary N) is 2. The van der Waals surface area contributed by atoms with Gasteiger partial charge in [0.1, 0.15) is 0 Å². The number of hydrogen-bond acceptors (Lipinski definition) is 6. The maximum Gasteiger partial charge on any atom is 0.358 e. The van der Waals surface area contributed by atoms with Crippen molar-refractivity contribution in [3.05, 3.63) is 72.1 Å². The fraction of sp³-hybridized carbons (Fsp3) is 0.174. The summed E-state index contributed by atoms with van der Waals surface area (Å²) in [4.78, 5) is 47.9. The highest BCUT2D eigenvalue weighted by Gasteiger charge is 2.24. The van der Waals surface area contributed by atoms with Crippen LogP contribution in [0, 0.1) is 0 Å². The molecule has 1 aliphatic heterocycles. The first-order chi connectivity index (χ1) is 15.9. The van der Waals surface area contributed by atoms with E-state index in [1.54, 1.807) is 67.7 Å². The molecule has 0 spiro atoms. The molecule has 3 aromatic rings. The van der Waals surface area contributed by atoms with Gasteiger partial charge < -0.3 is 10.1 Å². The molecule has 1 fully saturated rings. The summed E-state index contributed by atoms with van der Waals surface area (Å²) in [7, 11) is 0. The number of esters is 1. The summed E-state index contributed by atoms with van der Waals surface area (Å²) in [5.41, 5.74) is 4.88. The summed E-state index contributed by atoms with van der Waals surface area (Å²) in [6.07, 6.45) is 1.96. The fourth-order valence-corrected chi connectivity index (χ4v) is 3.23. The number of anilines is 2. The summed E-state index contributed by atoms with van der Waals surface area (Å²) < 4.78 is 6.47. The molecule has 10 heteroatoms. The molecule has 1 aromatic heterocycles. The molecule has 0 bridgehead atoms. The minimum atomic E-state index is -0.488. The molecule has 33 heavy (non-hydrogen) atoms. The minimum Gasteiger partial charge on any atom is -0.461 e. The van der Waals surface area contributed by atoms with Crippen molar-refractivity contribution in [3.8, 4) is 5.69 Å². The molecule has 3 amide bonds. The lowest BCUT2D eigenvalue weighted by atomic mass is 10.1. The highest BCUT2D eigenvalue weighted by molar-refractivity contribution is 6.05. The van der Waals surface area contributed by atoms with Crippen LogP contribution in [0.1, 0.15) is 40.6 Å². The van der Waals surface area contributed by atoms with E-state index >= 15 is 0 Å². The number of nitrogens with zero attached hydrogens (tertiary/aromatic N) is 3. The first kappa shape index (κ1) is 21.8. The summed E-state index contributed by atoms with van der Waals surface area (Å²) >= 11 is 0. The molecule has 168 valence electrons. The second-order valence-corrected chi connectivity index (χ2v) is 7.18. The standard InChI is InChI=1S/C23H21N5O5/c1-2-33-23(32)19-13-14-27(25-19)17-9-5-16(6-10-17)24-22(31)15-3-7-18(8-4-15)28-21(30)12-11-20(29)26-28/h3-10,13-14H,2,11-12H2,1H3,(H,24,31)(H,26,29). The van der Waals surface area contributed by atoms with E-state index in [0.29, 0.717) is 22.6 Å². The third-order valence-electron chi connectivity index (χ3n) is 4.90. The van der Waals surface area contributed by atoms with Crippen molar-refractivity contribution in [1.82, 2.24) is 15.2 Å². The third-order valence-corrected chi connectivity index (χ3v) is 4.90. The van der Waals surface area contributed by atoms with E-state index in [1.165, 1.54) is 9.69 Å². The minimum absolute atomic E-state index is 0.146. The highest BCUT2D eigenvalue weighted by Crippen LogP contribution is 2.19. The van der Waals surface area contributed by atoms with Crippen LogP contribution < -0.4 is 15.8 Å². The normalized spacial score (nSPS) is 13.4. The molecule has 2 N–H and O–H groups in total. The van der Waals surface area contributed by atoms with Crippen LogP contribution in [0.15, 0.2) is 60.8 Å². The van der Waals surface area contributed by atoms with Gasteiger partial charge in [-0.05, 0) is 61.5 Å². The van der Waals surface area contributed by atoms with Crippen molar-refractivity contribution < 1.29 is 23.9 Å². The lowest BCUT2D eigenvalue weighted by Gasteiger charge is -2.27. The van der Waals surface area contributed by atoms with E-state index in [1.807, 2.05) is 0 Å². The van der Waals surface area contributed by atoms with E-state index < -0.39 is 5.97 Å². The van der Waals surface area contributed by atoms with Gasteiger partial charge in [-0.1, -0.05) is 0 Å². The van der Waals surface area contributed by atoms with Crippen LogP contribution in [-0.2, 0) is 14.3 Å². The van der Waals surface area contributed by atoms with Gasteiger partial charge in [-0.15, -0.1) is 0 Å². The first-order valence-electron chi connectivity index (χ1n) is 10.3. The maximum atomic E-state index is 12.6. The average Bonchev–Trinajstić information content (AvgIpc) is 3.32. The molecular weight excluding hydrogens is 426 g/mol. The number of rotatable bonds is 6. The molecule has 2 heterocycles. The Morgan fingerprint density at radius 3 is 2.39 bits per heavy atom. The molecule has 4 rings (SSSR count). The molecule has 1 saturated heterocycles. The van der Waals surface area contributed by atoms with Crippen LogP contribution in [-0.4, -0.2) is 40.1 Å². The third kappa shape index (κ3) is 4.90. The van der Waals surface area contributed by atoms with Crippen LogP contribution >= 0.6 is 0 Å². The Bertz CT molecular complexity index is 1200. The molecule has 0 saturated carbocycles. The average molecular weight is 447 g/mol. The van der Waals surface area contributed by atoms with Gasteiger partial charge in [0, 0.05) is 30.3 Å². The number of amides is 3. The predicted octanol–water partition coefficient (Wildman–Crippen LogP) is 2.46. The van der Waals surface area contributed by atoms with E-state index in [4.69, 9.17) is 4.74 Å². The molecule has 0 unspecified atom stereocenters. The summed E-state index contributed by atoms with van der Waals surface area (Å²) in [5, 5.41) is 8.18. The molecule has 1 aliphatic rings. The lowest BCUT2D eigenvalue weighted by molar-refractivity contribution is -0.130. The van der Waals surface area contributed by atoms with Crippen molar-refractivity contribution in [2.75, 3.05) is 16.9 Å². The van der Waals surface area contributed by atoms with Gasteiger partial charge in [0.15, 0.2) is 5.69 Å². The van der Waals surface area contributed by atoms with Gasteiger partial charge in [0.25, 0.3) is 5.91 Å². The molecule has 10 nitrogen and oxygen atoms in total. The molecule has 0 radical (unpaired) electrons. The zero-order chi connectivity index (χ0) is 23.4. The number of hydrogen-bond donors (Lipinski definition) is 2. The molecule has 0 aliphatic carbocycles. The highest BCUT2D eigenvalue weighted by atomic mass is 16.5. The lowest BCUT2D eigenvalue weighted by Crippen LogP contribution is -2.50. The summed E-state index contributed by atoms with van der Waals surface area (Å²) in [6, 6.07) is 14.9. The van der Waals surface area contributed by atoms with Crippen molar-refractivity contribution in [1.29, 1.82) is 0 Å². The second kappa shape index (κ2) is 9.35. The van der Waals surface area contributed by atoms with E-state index in [2.05, 4.69) is 15.8 Å². The van der Waals surface area contributed by atoms with Gasteiger partial charge in [-0.25, -0.2) is 14.5 Å². The van der Waals surface area contributed by atoms with Crippen molar-refractivity contribution in [2.24, 2.45) is 0 Å². The van der Waals surface area contributed by atoms with Gasteiger partial charge in [-0.3, -0.25) is 19.8 Å². The smallest absolute Gasteiger partial charge is 0.358 e. The van der Waals surface area contributed by atoms with E-state index in [9.17, 15) is 19.2 Å². The Balaban J connectivity index is 1.40. The second-order valence-electron chi connectivity index (χ2n) is 7.18. The monoisotopic (exact) mass is 447 g/mol. The van der Waals surface area contributed by atoms with Gasteiger partial charge in [0.05, 0.1) is 18.0 Å². The maximum absolute atomic E-state index is 12.6. The van der Waals surface area contributed by atoms with Gasteiger partial charge >= 0.3 is 5.97 Å². The van der Waals surface area contributed by atoms with E-state index in [0.717, 1.165) is 0 Å². The largest absolute Gasteiger partial charge is 0.461 e. The zero-order valence-electron chi connectivity index (χ0n) is 17.8. The SMILES string of the molecule is CCOC(=O)c1ccn(-c2ccc(NC(=O)c3ccc(N4NC(=O)CCC4=O)cc3)cc2)n1. The molecular formula is C23H21N5O5. The van der Waals surface area contributed by atoms with Crippen LogP contribution in [0.3, 0.4) is 0 Å². The Kier molecular flexibility index (Phi) is 6.16. The Labute approximate surface area is 189 Å². The number of carbonyl (C=O) groups is 4. The Morgan fingerprint density at radius 1 is 1.00 bits per heavy atom. The summed E-state index contributed by atoms with van der Waals surface area (Å²) in [6.45, 7) is 2.00. The van der Waals surface area contributed by atoms with E-state index in [-0.39, 0.29) is 42.9 Å². The number of carbonyl (C=O) groups excluding carboxylic acids is 4. The topological polar surface area (TPSA) is 123 Å². The van der Waals surface area contributed by atoms with Crippen molar-refractivity contribution in [3.63, 3.8) is 0 Å². The van der Waals surface area contributed by atoms with Crippen LogP contribution in [0.5, 0.6) is 0 Å². The first-order valence-corrected chi connectivity index (χ1v) is 10.3. The molecule has 0 atom stereocenters.